The van der Waals surface area contributed by atoms with Crippen molar-refractivity contribution in [2.45, 2.75) is 31.8 Å². The zero-order valence-electron chi connectivity index (χ0n) is 9.43. The van der Waals surface area contributed by atoms with Crippen molar-refractivity contribution in [1.82, 2.24) is 4.90 Å². The monoisotopic (exact) mass is 234 g/mol. The van der Waals surface area contributed by atoms with Gasteiger partial charge in [0.1, 0.15) is 0 Å². The van der Waals surface area contributed by atoms with Crippen LogP contribution in [0.4, 0.5) is 0 Å². The molecule has 1 atom stereocenters. The van der Waals surface area contributed by atoms with Crippen LogP contribution in [0.3, 0.4) is 0 Å². The Morgan fingerprint density at radius 2 is 2.06 bits per heavy atom. The molecule has 1 heterocycles. The van der Waals surface area contributed by atoms with Crippen molar-refractivity contribution in [2.24, 2.45) is 5.73 Å². The lowest BCUT2D eigenvalue weighted by Gasteiger charge is -2.35. The number of rotatable bonds is 3. The maximum atomic E-state index is 5.80. The lowest BCUT2D eigenvalue weighted by molar-refractivity contribution is 0.184. The molecule has 0 amide bonds. The van der Waals surface area contributed by atoms with Crippen molar-refractivity contribution in [1.29, 1.82) is 0 Å². The van der Waals surface area contributed by atoms with Crippen LogP contribution in [-0.2, 0) is 6.54 Å². The molecule has 0 saturated carbocycles. The zero-order valence-corrected chi connectivity index (χ0v) is 10.2. The van der Waals surface area contributed by atoms with E-state index in [0.717, 1.165) is 19.5 Å². The first kappa shape index (κ1) is 11.6. The van der Waals surface area contributed by atoms with Crippen molar-refractivity contribution < 1.29 is 0 Å². The number of likely N-dealkylation sites (tertiary alicyclic amines) is 1. The minimum Gasteiger partial charge on any atom is -0.392 e. The summed E-state index contributed by atoms with van der Waals surface area (Å²) in [5, 5.41) is 0. The molecule has 1 aliphatic rings. The molecule has 1 aromatic rings. The van der Waals surface area contributed by atoms with Gasteiger partial charge in [-0.15, -0.1) is 0 Å². The van der Waals surface area contributed by atoms with Crippen molar-refractivity contribution in [3.05, 3.63) is 35.9 Å². The van der Waals surface area contributed by atoms with Gasteiger partial charge in [0.2, 0.25) is 0 Å². The highest BCUT2D eigenvalue weighted by Crippen LogP contribution is 2.19. The van der Waals surface area contributed by atoms with Gasteiger partial charge in [0, 0.05) is 6.54 Å². The van der Waals surface area contributed by atoms with Gasteiger partial charge in [-0.1, -0.05) is 49.0 Å². The van der Waals surface area contributed by atoms with E-state index in [9.17, 15) is 0 Å². The van der Waals surface area contributed by atoms with Crippen molar-refractivity contribution in [3.63, 3.8) is 0 Å². The molecule has 1 aliphatic heterocycles. The van der Waals surface area contributed by atoms with E-state index in [2.05, 4.69) is 29.2 Å². The van der Waals surface area contributed by atoms with E-state index < -0.39 is 0 Å². The molecule has 1 fully saturated rings. The fraction of sp³-hybridized carbons (Fsp3) is 0.462. The van der Waals surface area contributed by atoms with Gasteiger partial charge in [0.25, 0.3) is 0 Å². The number of nitrogens with two attached hydrogens (primary N) is 1. The first-order chi connectivity index (χ1) is 7.77. The van der Waals surface area contributed by atoms with E-state index in [1.807, 2.05) is 6.07 Å². The molecule has 3 heteroatoms. The first-order valence-electron chi connectivity index (χ1n) is 5.84. The SMILES string of the molecule is NC(=S)C1CCCCN1Cc1ccccc1. The number of benzene rings is 1. The summed E-state index contributed by atoms with van der Waals surface area (Å²) in [6.45, 7) is 2.07. The summed E-state index contributed by atoms with van der Waals surface area (Å²) in [7, 11) is 0. The van der Waals surface area contributed by atoms with Gasteiger partial charge in [-0.25, -0.2) is 0 Å². The van der Waals surface area contributed by atoms with Gasteiger partial charge in [-0.3, -0.25) is 4.90 Å². The third-order valence-corrected chi connectivity index (χ3v) is 3.44. The van der Waals surface area contributed by atoms with Crippen LogP contribution in [0.15, 0.2) is 30.3 Å². The number of nitrogens with zero attached hydrogens (tertiary/aromatic N) is 1. The van der Waals surface area contributed by atoms with Crippen LogP contribution in [0.25, 0.3) is 0 Å². The number of piperidine rings is 1. The molecular weight excluding hydrogens is 216 g/mol. The highest BCUT2D eigenvalue weighted by molar-refractivity contribution is 7.80. The van der Waals surface area contributed by atoms with E-state index in [0.29, 0.717) is 11.0 Å². The fourth-order valence-corrected chi connectivity index (χ4v) is 2.59. The summed E-state index contributed by atoms with van der Waals surface area (Å²) in [6, 6.07) is 10.8. The molecule has 2 rings (SSSR count). The molecule has 0 spiro atoms. The standard InChI is InChI=1S/C13H18N2S/c14-13(16)12-8-4-5-9-15(12)10-11-6-2-1-3-7-11/h1-3,6-7,12H,4-5,8-10H2,(H2,14,16). The average molecular weight is 234 g/mol. The second kappa shape index (κ2) is 5.41. The molecule has 1 saturated heterocycles. The summed E-state index contributed by atoms with van der Waals surface area (Å²) >= 11 is 5.14. The second-order valence-corrected chi connectivity index (χ2v) is 4.84. The summed E-state index contributed by atoms with van der Waals surface area (Å²) < 4.78 is 0. The average Bonchev–Trinajstić information content (AvgIpc) is 2.31. The van der Waals surface area contributed by atoms with Crippen LogP contribution in [0.1, 0.15) is 24.8 Å². The van der Waals surface area contributed by atoms with Gasteiger partial charge in [0.05, 0.1) is 11.0 Å². The maximum absolute atomic E-state index is 5.80. The molecule has 16 heavy (non-hydrogen) atoms. The Morgan fingerprint density at radius 3 is 2.75 bits per heavy atom. The van der Waals surface area contributed by atoms with Crippen molar-refractivity contribution in [2.75, 3.05) is 6.54 Å². The van der Waals surface area contributed by atoms with Gasteiger partial charge >= 0.3 is 0 Å². The third kappa shape index (κ3) is 2.80. The Balaban J connectivity index is 2.04. The summed E-state index contributed by atoms with van der Waals surface area (Å²) in [5.74, 6) is 0. The molecule has 0 bridgehead atoms. The Bertz CT molecular complexity index is 350. The minimum absolute atomic E-state index is 0.295. The normalized spacial score (nSPS) is 21.9. The van der Waals surface area contributed by atoms with Gasteiger partial charge < -0.3 is 5.73 Å². The van der Waals surface area contributed by atoms with Crippen LogP contribution >= 0.6 is 12.2 Å². The predicted molar refractivity (Wildman–Crippen MR) is 71.3 cm³/mol. The first-order valence-corrected chi connectivity index (χ1v) is 6.25. The van der Waals surface area contributed by atoms with Crippen LogP contribution in [0.5, 0.6) is 0 Å². The highest BCUT2D eigenvalue weighted by Gasteiger charge is 2.24. The third-order valence-electron chi connectivity index (χ3n) is 3.17. The minimum atomic E-state index is 0.295. The van der Waals surface area contributed by atoms with Gasteiger partial charge in [-0.2, -0.15) is 0 Å². The Labute approximate surface area is 102 Å². The number of thiocarbonyl (C=S) groups is 1. The van der Waals surface area contributed by atoms with Crippen molar-refractivity contribution >= 4 is 17.2 Å². The van der Waals surface area contributed by atoms with E-state index >= 15 is 0 Å². The quantitative estimate of drug-likeness (QED) is 0.814. The fourth-order valence-electron chi connectivity index (χ4n) is 2.32. The number of hydrogen-bond donors (Lipinski definition) is 1. The molecule has 1 aromatic carbocycles. The molecule has 2 N–H and O–H groups in total. The van der Waals surface area contributed by atoms with E-state index in [1.165, 1.54) is 18.4 Å². The van der Waals surface area contributed by atoms with Gasteiger partial charge in [0.15, 0.2) is 0 Å². The zero-order chi connectivity index (χ0) is 11.4. The lowest BCUT2D eigenvalue weighted by atomic mass is 10.0. The van der Waals surface area contributed by atoms with Crippen LogP contribution in [0, 0.1) is 0 Å². The molecule has 0 aliphatic carbocycles. The topological polar surface area (TPSA) is 29.3 Å². The van der Waals surface area contributed by atoms with E-state index in [4.69, 9.17) is 18.0 Å². The Kier molecular flexibility index (Phi) is 3.91. The van der Waals surface area contributed by atoms with Gasteiger partial charge in [-0.05, 0) is 24.9 Å². The molecule has 0 radical (unpaired) electrons. The van der Waals surface area contributed by atoms with Crippen LogP contribution in [-0.4, -0.2) is 22.5 Å². The molecule has 86 valence electrons. The highest BCUT2D eigenvalue weighted by atomic mass is 32.1. The summed E-state index contributed by atoms with van der Waals surface area (Å²) in [6.07, 6.45) is 3.61. The molecule has 2 nitrogen and oxygen atoms in total. The molecular formula is C13H18N2S. The van der Waals surface area contributed by atoms with E-state index in [1.54, 1.807) is 0 Å². The molecule has 1 unspecified atom stereocenters. The maximum Gasteiger partial charge on any atom is 0.0902 e. The smallest absolute Gasteiger partial charge is 0.0902 e. The Hall–Kier alpha value is -0.930. The Morgan fingerprint density at radius 1 is 1.31 bits per heavy atom. The summed E-state index contributed by atoms with van der Waals surface area (Å²) in [5.41, 5.74) is 7.14. The predicted octanol–water partition coefficient (Wildman–Crippen LogP) is 2.33. The molecule has 0 aromatic heterocycles. The van der Waals surface area contributed by atoms with Crippen LogP contribution in [0.2, 0.25) is 0 Å². The van der Waals surface area contributed by atoms with Crippen LogP contribution < -0.4 is 5.73 Å². The second-order valence-electron chi connectivity index (χ2n) is 4.37. The van der Waals surface area contributed by atoms with E-state index in [-0.39, 0.29) is 0 Å². The summed E-state index contributed by atoms with van der Waals surface area (Å²) in [4.78, 5) is 3.05. The van der Waals surface area contributed by atoms with Crippen molar-refractivity contribution in [3.8, 4) is 0 Å². The number of hydrogen-bond acceptors (Lipinski definition) is 2. The lowest BCUT2D eigenvalue weighted by Crippen LogP contribution is -2.46. The largest absolute Gasteiger partial charge is 0.392 e.